The SMILES string of the molecule is CNC(=O)C1CN(CC(=O)Nc2ccc(F)cc2)CCO1. The van der Waals surface area contributed by atoms with Gasteiger partial charge in [0.2, 0.25) is 11.8 Å². The van der Waals surface area contributed by atoms with Crippen molar-refractivity contribution in [1.29, 1.82) is 0 Å². The lowest BCUT2D eigenvalue weighted by Gasteiger charge is -2.31. The summed E-state index contributed by atoms with van der Waals surface area (Å²) in [4.78, 5) is 25.3. The maximum absolute atomic E-state index is 12.8. The van der Waals surface area contributed by atoms with E-state index in [4.69, 9.17) is 4.74 Å². The van der Waals surface area contributed by atoms with E-state index >= 15 is 0 Å². The van der Waals surface area contributed by atoms with Crippen LogP contribution in [0.5, 0.6) is 0 Å². The summed E-state index contributed by atoms with van der Waals surface area (Å²) < 4.78 is 18.1. The number of hydrogen-bond donors (Lipinski definition) is 2. The number of amides is 2. The Morgan fingerprint density at radius 2 is 2.10 bits per heavy atom. The molecule has 114 valence electrons. The molecule has 0 radical (unpaired) electrons. The smallest absolute Gasteiger partial charge is 0.250 e. The topological polar surface area (TPSA) is 70.7 Å². The number of carbonyl (C=O) groups excluding carboxylic acids is 2. The predicted octanol–water partition coefficient (Wildman–Crippen LogP) is 0.211. The fourth-order valence-electron chi connectivity index (χ4n) is 2.10. The number of nitrogens with one attached hydrogen (secondary N) is 2. The Hall–Kier alpha value is -1.99. The molecule has 1 saturated heterocycles. The summed E-state index contributed by atoms with van der Waals surface area (Å²) in [6.07, 6.45) is -0.553. The van der Waals surface area contributed by atoms with E-state index in [1.54, 1.807) is 7.05 Å². The molecular formula is C14H18FN3O3. The van der Waals surface area contributed by atoms with Crippen molar-refractivity contribution in [3.05, 3.63) is 30.1 Å². The average molecular weight is 295 g/mol. The molecule has 0 bridgehead atoms. The lowest BCUT2D eigenvalue weighted by molar-refractivity contribution is -0.139. The molecule has 7 heteroatoms. The van der Waals surface area contributed by atoms with Crippen LogP contribution in [0.3, 0.4) is 0 Å². The Kier molecular flexibility index (Phi) is 5.24. The lowest BCUT2D eigenvalue weighted by Crippen LogP contribution is -2.50. The summed E-state index contributed by atoms with van der Waals surface area (Å²) in [5.41, 5.74) is 0.539. The second kappa shape index (κ2) is 7.14. The normalized spacial score (nSPS) is 19.0. The molecule has 21 heavy (non-hydrogen) atoms. The first kappa shape index (κ1) is 15.4. The zero-order chi connectivity index (χ0) is 15.2. The third-order valence-corrected chi connectivity index (χ3v) is 3.18. The van der Waals surface area contributed by atoms with Crippen molar-refractivity contribution in [2.45, 2.75) is 6.10 Å². The quantitative estimate of drug-likeness (QED) is 0.833. The van der Waals surface area contributed by atoms with Gasteiger partial charge in [-0.2, -0.15) is 0 Å². The van der Waals surface area contributed by atoms with E-state index in [0.29, 0.717) is 25.4 Å². The Morgan fingerprint density at radius 1 is 1.38 bits per heavy atom. The van der Waals surface area contributed by atoms with Crippen LogP contribution in [0.25, 0.3) is 0 Å². The number of morpholine rings is 1. The maximum atomic E-state index is 12.8. The number of halogens is 1. The molecule has 0 spiro atoms. The van der Waals surface area contributed by atoms with Crippen LogP contribution >= 0.6 is 0 Å². The van der Waals surface area contributed by atoms with Crippen molar-refractivity contribution in [3.63, 3.8) is 0 Å². The predicted molar refractivity (Wildman–Crippen MR) is 75.3 cm³/mol. The van der Waals surface area contributed by atoms with Gasteiger partial charge >= 0.3 is 0 Å². The van der Waals surface area contributed by atoms with Gasteiger partial charge in [-0.1, -0.05) is 0 Å². The highest BCUT2D eigenvalue weighted by molar-refractivity contribution is 5.92. The summed E-state index contributed by atoms with van der Waals surface area (Å²) in [5, 5.41) is 5.21. The second-order valence-electron chi connectivity index (χ2n) is 4.76. The van der Waals surface area contributed by atoms with Crippen LogP contribution in [0.15, 0.2) is 24.3 Å². The van der Waals surface area contributed by atoms with Crippen molar-refractivity contribution in [3.8, 4) is 0 Å². The van der Waals surface area contributed by atoms with Gasteiger partial charge in [0.05, 0.1) is 13.2 Å². The van der Waals surface area contributed by atoms with Crippen LogP contribution in [0, 0.1) is 5.82 Å². The lowest BCUT2D eigenvalue weighted by atomic mass is 10.2. The Labute approximate surface area is 122 Å². The summed E-state index contributed by atoms with van der Waals surface area (Å²) in [5.74, 6) is -0.757. The summed E-state index contributed by atoms with van der Waals surface area (Å²) in [7, 11) is 1.55. The Balaban J connectivity index is 1.84. The summed E-state index contributed by atoms with van der Waals surface area (Å²) in [6, 6.07) is 5.57. The van der Waals surface area contributed by atoms with Gasteiger partial charge in [-0.3, -0.25) is 14.5 Å². The molecule has 1 aromatic carbocycles. The summed E-state index contributed by atoms with van der Waals surface area (Å²) in [6.45, 7) is 1.52. The molecule has 0 saturated carbocycles. The van der Waals surface area contributed by atoms with Gasteiger partial charge < -0.3 is 15.4 Å². The van der Waals surface area contributed by atoms with Gasteiger partial charge in [0.25, 0.3) is 0 Å². The van der Waals surface area contributed by atoms with Crippen LogP contribution in [0.2, 0.25) is 0 Å². The van der Waals surface area contributed by atoms with Crippen LogP contribution in [0.1, 0.15) is 0 Å². The zero-order valence-electron chi connectivity index (χ0n) is 11.8. The minimum atomic E-state index is -0.553. The van der Waals surface area contributed by atoms with Gasteiger partial charge in [-0.15, -0.1) is 0 Å². The number of likely N-dealkylation sites (N-methyl/N-ethyl adjacent to an activating group) is 1. The Bertz CT molecular complexity index is 507. The number of ether oxygens (including phenoxy) is 1. The molecule has 2 rings (SSSR count). The highest BCUT2D eigenvalue weighted by atomic mass is 19.1. The molecule has 1 aliphatic heterocycles. The highest BCUT2D eigenvalue weighted by Crippen LogP contribution is 2.09. The highest BCUT2D eigenvalue weighted by Gasteiger charge is 2.26. The number of hydrogen-bond acceptors (Lipinski definition) is 4. The molecule has 0 aliphatic carbocycles. The van der Waals surface area contributed by atoms with E-state index < -0.39 is 6.10 Å². The van der Waals surface area contributed by atoms with Gasteiger partial charge in [-0.05, 0) is 24.3 Å². The van der Waals surface area contributed by atoms with Crippen LogP contribution in [0.4, 0.5) is 10.1 Å². The molecule has 1 unspecified atom stereocenters. The van der Waals surface area contributed by atoms with E-state index in [1.165, 1.54) is 24.3 Å². The number of anilines is 1. The zero-order valence-corrected chi connectivity index (χ0v) is 11.8. The van der Waals surface area contributed by atoms with E-state index in [9.17, 15) is 14.0 Å². The number of nitrogens with zero attached hydrogens (tertiary/aromatic N) is 1. The molecule has 6 nitrogen and oxygen atoms in total. The van der Waals surface area contributed by atoms with Crippen molar-refractivity contribution >= 4 is 17.5 Å². The first-order chi connectivity index (χ1) is 10.1. The molecular weight excluding hydrogens is 277 g/mol. The minimum absolute atomic E-state index is 0.161. The molecule has 1 aliphatic rings. The molecule has 2 N–H and O–H groups in total. The molecule has 1 fully saturated rings. The van der Waals surface area contributed by atoms with Gasteiger partial charge in [0.15, 0.2) is 0 Å². The van der Waals surface area contributed by atoms with Gasteiger partial charge in [-0.25, -0.2) is 4.39 Å². The number of rotatable bonds is 4. The third kappa shape index (κ3) is 4.51. The van der Waals surface area contributed by atoms with Crippen molar-refractivity contribution in [2.75, 3.05) is 38.6 Å². The number of benzene rings is 1. The first-order valence-electron chi connectivity index (χ1n) is 6.69. The largest absolute Gasteiger partial charge is 0.366 e. The first-order valence-corrected chi connectivity index (χ1v) is 6.69. The molecule has 2 amide bonds. The third-order valence-electron chi connectivity index (χ3n) is 3.18. The standard InChI is InChI=1S/C14H18FN3O3/c1-16-14(20)12-8-18(6-7-21-12)9-13(19)17-11-4-2-10(15)3-5-11/h2-5,12H,6-9H2,1H3,(H,16,20)(H,17,19). The van der Waals surface area contributed by atoms with Crippen molar-refractivity contribution in [2.24, 2.45) is 0 Å². The summed E-state index contributed by atoms with van der Waals surface area (Å²) >= 11 is 0. The van der Waals surface area contributed by atoms with Crippen molar-refractivity contribution in [1.82, 2.24) is 10.2 Å². The molecule has 1 heterocycles. The van der Waals surface area contributed by atoms with Crippen LogP contribution in [-0.4, -0.2) is 56.1 Å². The molecule has 1 atom stereocenters. The van der Waals surface area contributed by atoms with Crippen molar-refractivity contribution < 1.29 is 18.7 Å². The fraction of sp³-hybridized carbons (Fsp3) is 0.429. The molecule has 1 aromatic rings. The monoisotopic (exact) mass is 295 g/mol. The maximum Gasteiger partial charge on any atom is 0.250 e. The van der Waals surface area contributed by atoms with E-state index in [-0.39, 0.29) is 24.2 Å². The fourth-order valence-corrected chi connectivity index (χ4v) is 2.10. The van der Waals surface area contributed by atoms with E-state index in [2.05, 4.69) is 10.6 Å². The second-order valence-corrected chi connectivity index (χ2v) is 4.76. The van der Waals surface area contributed by atoms with Gasteiger partial charge in [0.1, 0.15) is 11.9 Å². The van der Waals surface area contributed by atoms with E-state index in [1.807, 2.05) is 4.90 Å². The van der Waals surface area contributed by atoms with Gasteiger partial charge in [0, 0.05) is 25.8 Å². The average Bonchev–Trinajstić information content (AvgIpc) is 2.49. The Morgan fingerprint density at radius 3 is 2.76 bits per heavy atom. The van der Waals surface area contributed by atoms with E-state index in [0.717, 1.165) is 0 Å². The van der Waals surface area contributed by atoms with Crippen LogP contribution in [-0.2, 0) is 14.3 Å². The van der Waals surface area contributed by atoms with Crippen LogP contribution < -0.4 is 10.6 Å². The minimum Gasteiger partial charge on any atom is -0.366 e. The number of carbonyl (C=O) groups is 2. The molecule has 0 aromatic heterocycles.